The van der Waals surface area contributed by atoms with Gasteiger partial charge in [-0.15, -0.1) is 0 Å². The molecule has 21 heavy (non-hydrogen) atoms. The first-order chi connectivity index (χ1) is 10.2. The van der Waals surface area contributed by atoms with Crippen LogP contribution in [0, 0.1) is 18.7 Å². The molecule has 1 aromatic rings. The van der Waals surface area contributed by atoms with Crippen LogP contribution in [-0.4, -0.2) is 23.4 Å². The average Bonchev–Trinajstić information content (AvgIpc) is 2.97. The number of hydrogen-bond acceptors (Lipinski definition) is 1. The Balaban J connectivity index is 1.79. The van der Waals surface area contributed by atoms with Crippen LogP contribution in [0.4, 0.5) is 4.39 Å². The average molecular weight is 289 g/mol. The van der Waals surface area contributed by atoms with E-state index in [1.165, 1.54) is 38.2 Å². The van der Waals surface area contributed by atoms with E-state index in [-0.39, 0.29) is 17.3 Å². The molecule has 1 atom stereocenters. The van der Waals surface area contributed by atoms with Crippen LogP contribution in [0.3, 0.4) is 0 Å². The van der Waals surface area contributed by atoms with Crippen molar-refractivity contribution in [2.24, 2.45) is 5.92 Å². The van der Waals surface area contributed by atoms with Gasteiger partial charge in [0, 0.05) is 12.6 Å². The summed E-state index contributed by atoms with van der Waals surface area (Å²) in [5.74, 6) is 0.133. The van der Waals surface area contributed by atoms with Gasteiger partial charge < -0.3 is 4.90 Å². The summed E-state index contributed by atoms with van der Waals surface area (Å²) in [5.41, 5.74) is 1.10. The van der Waals surface area contributed by atoms with Crippen LogP contribution in [0.2, 0.25) is 0 Å². The maximum absolute atomic E-state index is 14.1. The Kier molecular flexibility index (Phi) is 4.27. The molecule has 1 amide bonds. The molecule has 0 aromatic heterocycles. The number of benzene rings is 1. The highest BCUT2D eigenvalue weighted by molar-refractivity contribution is 5.95. The standard InChI is InChI=1S/C18H24FNO/c1-13-9-10-15(16(19)12-13)18(21)20-11-5-8-17(20)14-6-3-2-4-7-14/h9-10,12,14,17H,2-8,11H2,1H3. The number of halogens is 1. The summed E-state index contributed by atoms with van der Waals surface area (Å²) < 4.78 is 14.1. The summed E-state index contributed by atoms with van der Waals surface area (Å²) in [4.78, 5) is 14.7. The number of hydrogen-bond donors (Lipinski definition) is 0. The third-order valence-corrected chi connectivity index (χ3v) is 5.11. The summed E-state index contributed by atoms with van der Waals surface area (Å²) in [6.07, 6.45) is 8.48. The normalized spacial score (nSPS) is 23.5. The molecule has 1 unspecified atom stereocenters. The molecule has 3 heteroatoms. The second-order valence-electron chi connectivity index (χ2n) is 6.59. The molecule has 2 fully saturated rings. The third-order valence-electron chi connectivity index (χ3n) is 5.11. The van der Waals surface area contributed by atoms with Gasteiger partial charge in [0.15, 0.2) is 0 Å². The van der Waals surface area contributed by atoms with Crippen molar-refractivity contribution in [3.05, 3.63) is 35.1 Å². The number of amides is 1. The number of aryl methyl sites for hydroxylation is 1. The van der Waals surface area contributed by atoms with E-state index < -0.39 is 0 Å². The van der Waals surface area contributed by atoms with E-state index in [2.05, 4.69) is 0 Å². The van der Waals surface area contributed by atoms with Crippen LogP contribution in [-0.2, 0) is 0 Å². The van der Waals surface area contributed by atoms with Crippen molar-refractivity contribution >= 4 is 5.91 Å². The molecule has 2 aliphatic rings. The third kappa shape index (κ3) is 2.97. The highest BCUT2D eigenvalue weighted by atomic mass is 19.1. The van der Waals surface area contributed by atoms with Gasteiger partial charge in [0.25, 0.3) is 5.91 Å². The molecule has 1 heterocycles. The van der Waals surface area contributed by atoms with Gasteiger partial charge in [-0.2, -0.15) is 0 Å². The lowest BCUT2D eigenvalue weighted by Crippen LogP contribution is -2.41. The fourth-order valence-electron chi connectivity index (χ4n) is 4.00. The summed E-state index contributed by atoms with van der Waals surface area (Å²) >= 11 is 0. The summed E-state index contributed by atoms with van der Waals surface area (Å²) in [5, 5.41) is 0. The van der Waals surface area contributed by atoms with Crippen LogP contribution in [0.15, 0.2) is 18.2 Å². The Labute approximate surface area is 126 Å². The Morgan fingerprint density at radius 3 is 2.62 bits per heavy atom. The van der Waals surface area contributed by atoms with Crippen LogP contribution in [0.5, 0.6) is 0 Å². The monoisotopic (exact) mass is 289 g/mol. The molecule has 0 N–H and O–H groups in total. The number of likely N-dealkylation sites (tertiary alicyclic amines) is 1. The first-order valence-corrected chi connectivity index (χ1v) is 8.24. The first-order valence-electron chi connectivity index (χ1n) is 8.24. The smallest absolute Gasteiger partial charge is 0.257 e. The minimum absolute atomic E-state index is 0.111. The maximum Gasteiger partial charge on any atom is 0.257 e. The van der Waals surface area contributed by atoms with Gasteiger partial charge in [-0.3, -0.25) is 4.79 Å². The molecule has 2 nitrogen and oxygen atoms in total. The SMILES string of the molecule is Cc1ccc(C(=O)N2CCCC2C2CCCCC2)c(F)c1. The highest BCUT2D eigenvalue weighted by Crippen LogP contribution is 2.35. The molecule has 114 valence electrons. The lowest BCUT2D eigenvalue weighted by atomic mass is 9.83. The largest absolute Gasteiger partial charge is 0.335 e. The second-order valence-corrected chi connectivity index (χ2v) is 6.59. The number of rotatable bonds is 2. The number of carbonyl (C=O) groups is 1. The molecule has 1 saturated heterocycles. The molecule has 0 spiro atoms. The minimum Gasteiger partial charge on any atom is -0.335 e. The van der Waals surface area contributed by atoms with E-state index in [0.29, 0.717) is 12.0 Å². The minimum atomic E-state index is -0.380. The van der Waals surface area contributed by atoms with Crippen LogP contribution >= 0.6 is 0 Å². The van der Waals surface area contributed by atoms with E-state index in [0.717, 1.165) is 24.9 Å². The molecular weight excluding hydrogens is 265 g/mol. The van der Waals surface area contributed by atoms with Crippen molar-refractivity contribution in [3.8, 4) is 0 Å². The molecule has 0 bridgehead atoms. The van der Waals surface area contributed by atoms with Gasteiger partial charge in [0.05, 0.1) is 5.56 Å². The highest BCUT2D eigenvalue weighted by Gasteiger charge is 2.36. The quantitative estimate of drug-likeness (QED) is 0.794. The van der Waals surface area contributed by atoms with Gasteiger partial charge in [0.1, 0.15) is 5.82 Å². The van der Waals surface area contributed by atoms with Gasteiger partial charge >= 0.3 is 0 Å². The molecular formula is C18H24FNO. The predicted octanol–water partition coefficient (Wildman–Crippen LogP) is 4.32. The van der Waals surface area contributed by atoms with E-state index in [1.54, 1.807) is 6.07 Å². The molecule has 1 saturated carbocycles. The van der Waals surface area contributed by atoms with Crippen molar-refractivity contribution in [1.29, 1.82) is 0 Å². The van der Waals surface area contributed by atoms with E-state index in [1.807, 2.05) is 17.9 Å². The molecule has 0 radical (unpaired) electrons. The van der Waals surface area contributed by atoms with Crippen molar-refractivity contribution in [3.63, 3.8) is 0 Å². The van der Waals surface area contributed by atoms with Gasteiger partial charge in [-0.1, -0.05) is 25.3 Å². The number of nitrogens with zero attached hydrogens (tertiary/aromatic N) is 1. The number of carbonyl (C=O) groups excluding carboxylic acids is 1. The zero-order valence-electron chi connectivity index (χ0n) is 12.8. The summed E-state index contributed by atoms with van der Waals surface area (Å²) in [7, 11) is 0. The topological polar surface area (TPSA) is 20.3 Å². The van der Waals surface area contributed by atoms with Crippen LogP contribution < -0.4 is 0 Å². The van der Waals surface area contributed by atoms with Crippen molar-refractivity contribution < 1.29 is 9.18 Å². The molecule has 1 aromatic carbocycles. The van der Waals surface area contributed by atoms with E-state index in [4.69, 9.17) is 0 Å². The van der Waals surface area contributed by atoms with E-state index >= 15 is 0 Å². The lowest BCUT2D eigenvalue weighted by molar-refractivity contribution is 0.0657. The maximum atomic E-state index is 14.1. The zero-order chi connectivity index (χ0) is 14.8. The Hall–Kier alpha value is -1.38. The second kappa shape index (κ2) is 6.17. The molecule has 1 aliphatic heterocycles. The first kappa shape index (κ1) is 14.6. The van der Waals surface area contributed by atoms with Crippen molar-refractivity contribution in [2.75, 3.05) is 6.54 Å². The summed E-state index contributed by atoms with van der Waals surface area (Å²) in [6, 6.07) is 5.25. The van der Waals surface area contributed by atoms with Gasteiger partial charge in [-0.25, -0.2) is 4.39 Å². The Bertz CT molecular complexity index is 522. The Morgan fingerprint density at radius 1 is 1.14 bits per heavy atom. The molecule has 1 aliphatic carbocycles. The predicted molar refractivity (Wildman–Crippen MR) is 81.8 cm³/mol. The zero-order valence-corrected chi connectivity index (χ0v) is 12.8. The van der Waals surface area contributed by atoms with Gasteiger partial charge in [-0.05, 0) is 56.2 Å². The van der Waals surface area contributed by atoms with Crippen LogP contribution in [0.1, 0.15) is 60.9 Å². The van der Waals surface area contributed by atoms with Crippen molar-refractivity contribution in [2.45, 2.75) is 57.9 Å². The lowest BCUT2D eigenvalue weighted by Gasteiger charge is -2.34. The van der Waals surface area contributed by atoms with Crippen molar-refractivity contribution in [1.82, 2.24) is 4.90 Å². The fraction of sp³-hybridized carbons (Fsp3) is 0.611. The Morgan fingerprint density at radius 2 is 1.90 bits per heavy atom. The van der Waals surface area contributed by atoms with E-state index in [9.17, 15) is 9.18 Å². The molecule has 3 rings (SSSR count). The van der Waals surface area contributed by atoms with Crippen LogP contribution in [0.25, 0.3) is 0 Å². The summed E-state index contributed by atoms with van der Waals surface area (Å²) in [6.45, 7) is 2.63. The fourth-order valence-corrected chi connectivity index (χ4v) is 4.00. The van der Waals surface area contributed by atoms with Gasteiger partial charge in [0.2, 0.25) is 0 Å².